The fraction of sp³-hybridized carbons (Fsp3) is 0.524. The molecular formula is C21H32IN5OS. The number of pyridine rings is 1. The molecule has 3 rings (SSSR count). The number of nitrogens with zero attached hydrogens (tertiary/aromatic N) is 3. The molecule has 1 saturated heterocycles. The highest BCUT2D eigenvalue weighted by Gasteiger charge is 2.18. The van der Waals surface area contributed by atoms with Gasteiger partial charge >= 0.3 is 0 Å². The minimum absolute atomic E-state index is 0. The maximum absolute atomic E-state index is 5.63. The third kappa shape index (κ3) is 7.42. The van der Waals surface area contributed by atoms with E-state index in [0.29, 0.717) is 12.5 Å². The first kappa shape index (κ1) is 23.9. The molecule has 0 spiro atoms. The molecule has 2 aromatic rings. The third-order valence-corrected chi connectivity index (χ3v) is 5.85. The van der Waals surface area contributed by atoms with E-state index in [1.165, 1.54) is 4.88 Å². The smallest absolute Gasteiger partial charge is 0.191 e. The summed E-state index contributed by atoms with van der Waals surface area (Å²) in [5.41, 5.74) is 1.16. The molecule has 160 valence electrons. The number of morpholine rings is 1. The lowest BCUT2D eigenvalue weighted by Crippen LogP contribution is -2.41. The first-order valence-electron chi connectivity index (χ1n) is 10.0. The van der Waals surface area contributed by atoms with Crippen LogP contribution in [0.15, 0.2) is 40.8 Å². The maximum Gasteiger partial charge on any atom is 0.191 e. The Hall–Kier alpha value is -1.39. The Kier molecular flexibility index (Phi) is 10.2. The summed E-state index contributed by atoms with van der Waals surface area (Å²) in [5.74, 6) is 2.32. The van der Waals surface area contributed by atoms with Crippen LogP contribution in [0.2, 0.25) is 0 Å². The molecule has 29 heavy (non-hydrogen) atoms. The van der Waals surface area contributed by atoms with Crippen LogP contribution in [0, 0.1) is 0 Å². The van der Waals surface area contributed by atoms with Crippen LogP contribution in [0.4, 0.5) is 5.82 Å². The minimum Gasteiger partial charge on any atom is -0.375 e. The van der Waals surface area contributed by atoms with Gasteiger partial charge in [0.05, 0.1) is 19.3 Å². The van der Waals surface area contributed by atoms with Gasteiger partial charge in [-0.15, -0.1) is 35.3 Å². The van der Waals surface area contributed by atoms with Crippen LogP contribution in [0.25, 0.3) is 0 Å². The Morgan fingerprint density at radius 3 is 3.00 bits per heavy atom. The zero-order valence-corrected chi connectivity index (χ0v) is 20.6. The number of guanidine groups is 1. The average molecular weight is 529 g/mol. The monoisotopic (exact) mass is 529 g/mol. The van der Waals surface area contributed by atoms with Crippen LogP contribution in [0.3, 0.4) is 0 Å². The van der Waals surface area contributed by atoms with Crippen LogP contribution >= 0.6 is 35.3 Å². The van der Waals surface area contributed by atoms with E-state index >= 15 is 0 Å². The predicted molar refractivity (Wildman–Crippen MR) is 133 cm³/mol. The standard InChI is InChI=1S/C21H31N5OS.HI/c1-4-22-21(24-13-16(2)19-6-5-11-28-19)25-14-18-7-8-23-20(12-18)26-9-10-27-17(3)15-26;/h5-8,11-12,16-17H,4,9-10,13-15H2,1-3H3,(H2,22,24,25);1H. The van der Waals surface area contributed by atoms with Crippen molar-refractivity contribution in [2.45, 2.75) is 39.3 Å². The Morgan fingerprint density at radius 1 is 1.41 bits per heavy atom. The predicted octanol–water partition coefficient (Wildman–Crippen LogP) is 3.85. The summed E-state index contributed by atoms with van der Waals surface area (Å²) in [7, 11) is 0. The van der Waals surface area contributed by atoms with Gasteiger partial charge in [-0.25, -0.2) is 9.98 Å². The number of hydrogen-bond donors (Lipinski definition) is 2. The van der Waals surface area contributed by atoms with Gasteiger partial charge in [0.2, 0.25) is 0 Å². The summed E-state index contributed by atoms with van der Waals surface area (Å²) in [4.78, 5) is 13.0. The van der Waals surface area contributed by atoms with Crippen molar-refractivity contribution in [2.75, 3.05) is 37.7 Å². The van der Waals surface area contributed by atoms with Crippen molar-refractivity contribution in [3.05, 3.63) is 46.3 Å². The number of thiophene rings is 1. The Labute approximate surface area is 195 Å². The van der Waals surface area contributed by atoms with Crippen molar-refractivity contribution in [2.24, 2.45) is 4.99 Å². The summed E-state index contributed by atoms with van der Waals surface area (Å²) in [6.45, 7) is 11.3. The molecule has 8 heteroatoms. The number of hydrogen-bond acceptors (Lipinski definition) is 5. The molecule has 0 amide bonds. The number of nitrogens with one attached hydrogen (secondary N) is 2. The normalized spacial score (nSPS) is 18.1. The third-order valence-electron chi connectivity index (χ3n) is 4.74. The highest BCUT2D eigenvalue weighted by atomic mass is 127. The van der Waals surface area contributed by atoms with Crippen LogP contribution < -0.4 is 15.5 Å². The van der Waals surface area contributed by atoms with Crippen LogP contribution in [-0.4, -0.2) is 49.8 Å². The topological polar surface area (TPSA) is 61.8 Å². The summed E-state index contributed by atoms with van der Waals surface area (Å²) in [6.07, 6.45) is 2.12. The molecule has 0 radical (unpaired) electrons. The molecule has 2 aromatic heterocycles. The van der Waals surface area contributed by atoms with E-state index in [0.717, 1.165) is 50.1 Å². The summed E-state index contributed by atoms with van der Waals surface area (Å²) < 4.78 is 5.63. The molecule has 2 atom stereocenters. The van der Waals surface area contributed by atoms with Crippen molar-refractivity contribution < 1.29 is 4.74 Å². The van der Waals surface area contributed by atoms with Crippen molar-refractivity contribution in [1.29, 1.82) is 0 Å². The average Bonchev–Trinajstić information content (AvgIpc) is 3.25. The van der Waals surface area contributed by atoms with E-state index < -0.39 is 0 Å². The first-order valence-corrected chi connectivity index (χ1v) is 10.9. The van der Waals surface area contributed by atoms with Crippen LogP contribution in [0.1, 0.15) is 37.1 Å². The van der Waals surface area contributed by atoms with Gasteiger partial charge in [-0.05, 0) is 43.0 Å². The molecule has 6 nitrogen and oxygen atoms in total. The second-order valence-corrected chi connectivity index (χ2v) is 8.12. The number of rotatable bonds is 7. The van der Waals surface area contributed by atoms with Crippen LogP contribution in [0.5, 0.6) is 0 Å². The molecule has 3 heterocycles. The van der Waals surface area contributed by atoms with E-state index in [4.69, 9.17) is 9.73 Å². The molecule has 0 saturated carbocycles. The fourth-order valence-corrected chi connectivity index (χ4v) is 3.98. The summed E-state index contributed by atoms with van der Waals surface area (Å²) in [5, 5.41) is 8.93. The molecule has 1 fully saturated rings. The number of halogens is 1. The Bertz CT molecular complexity index is 755. The highest BCUT2D eigenvalue weighted by Crippen LogP contribution is 2.20. The molecule has 2 N–H and O–H groups in total. The van der Waals surface area contributed by atoms with E-state index in [9.17, 15) is 0 Å². The van der Waals surface area contributed by atoms with Gasteiger partial charge in [-0.2, -0.15) is 0 Å². The van der Waals surface area contributed by atoms with E-state index in [1.807, 2.05) is 12.3 Å². The largest absolute Gasteiger partial charge is 0.375 e. The fourth-order valence-electron chi connectivity index (χ4n) is 3.19. The molecule has 1 aliphatic rings. The lowest BCUT2D eigenvalue weighted by molar-refractivity contribution is 0.0529. The van der Waals surface area contributed by atoms with Crippen LogP contribution in [-0.2, 0) is 11.3 Å². The SMILES string of the molecule is CCNC(=NCc1ccnc(N2CCOC(C)C2)c1)NCC(C)c1cccs1.I. The number of aromatic nitrogens is 1. The summed E-state index contributed by atoms with van der Waals surface area (Å²) in [6, 6.07) is 8.46. The number of aliphatic imine (C=N–C) groups is 1. The van der Waals surface area contributed by atoms with Gasteiger partial charge in [0.15, 0.2) is 5.96 Å². The zero-order valence-electron chi connectivity index (χ0n) is 17.4. The van der Waals surface area contributed by atoms with Gasteiger partial charge in [-0.1, -0.05) is 13.0 Å². The molecular weight excluding hydrogens is 497 g/mol. The second kappa shape index (κ2) is 12.3. The minimum atomic E-state index is 0. The Morgan fingerprint density at radius 2 is 2.28 bits per heavy atom. The summed E-state index contributed by atoms with van der Waals surface area (Å²) >= 11 is 1.80. The molecule has 0 aliphatic carbocycles. The second-order valence-electron chi connectivity index (χ2n) is 7.14. The molecule has 0 aromatic carbocycles. The van der Waals surface area contributed by atoms with E-state index in [2.05, 4.69) is 64.9 Å². The zero-order chi connectivity index (χ0) is 19.8. The number of anilines is 1. The van der Waals surface area contributed by atoms with Gasteiger partial charge in [0.25, 0.3) is 0 Å². The van der Waals surface area contributed by atoms with Crippen molar-refractivity contribution in [3.63, 3.8) is 0 Å². The van der Waals surface area contributed by atoms with Gasteiger partial charge in [0.1, 0.15) is 5.82 Å². The van der Waals surface area contributed by atoms with Gasteiger partial charge in [0, 0.05) is 43.2 Å². The van der Waals surface area contributed by atoms with Crippen molar-refractivity contribution >= 4 is 47.1 Å². The highest BCUT2D eigenvalue weighted by molar-refractivity contribution is 14.0. The van der Waals surface area contributed by atoms with Crippen molar-refractivity contribution in [3.8, 4) is 0 Å². The lowest BCUT2D eigenvalue weighted by Gasteiger charge is -2.32. The first-order chi connectivity index (χ1) is 13.7. The molecule has 1 aliphatic heterocycles. The molecule has 0 bridgehead atoms. The van der Waals surface area contributed by atoms with Gasteiger partial charge < -0.3 is 20.3 Å². The maximum atomic E-state index is 5.63. The Balaban J connectivity index is 0.00000300. The van der Waals surface area contributed by atoms with Gasteiger partial charge in [-0.3, -0.25) is 0 Å². The lowest BCUT2D eigenvalue weighted by atomic mass is 10.1. The van der Waals surface area contributed by atoms with E-state index in [-0.39, 0.29) is 30.1 Å². The quantitative estimate of drug-likeness (QED) is 0.324. The number of ether oxygens (including phenoxy) is 1. The molecule has 2 unspecified atom stereocenters. The van der Waals surface area contributed by atoms with Crippen molar-refractivity contribution in [1.82, 2.24) is 15.6 Å². The van der Waals surface area contributed by atoms with E-state index in [1.54, 1.807) is 11.3 Å².